The van der Waals surface area contributed by atoms with Gasteiger partial charge >= 0.3 is 0 Å². The molecule has 2 amide bonds. The maximum absolute atomic E-state index is 12.1. The van der Waals surface area contributed by atoms with Gasteiger partial charge in [-0.2, -0.15) is 0 Å². The molecule has 0 radical (unpaired) electrons. The molecule has 0 saturated carbocycles. The average Bonchev–Trinajstić information content (AvgIpc) is 2.83. The van der Waals surface area contributed by atoms with Crippen LogP contribution in [-0.4, -0.2) is 38.2 Å². The number of unbranched alkanes of at least 4 members (excludes halogenated alkanes) is 10. The van der Waals surface area contributed by atoms with Crippen molar-refractivity contribution in [2.45, 2.75) is 119 Å². The lowest BCUT2D eigenvalue weighted by atomic mass is 9.72. The van der Waals surface area contributed by atoms with Crippen LogP contribution in [0, 0.1) is 5.41 Å². The molecule has 0 bridgehead atoms. The maximum Gasteiger partial charge on any atom is 0.244 e. The van der Waals surface area contributed by atoms with E-state index in [0.29, 0.717) is 37.6 Å². The lowest BCUT2D eigenvalue weighted by Crippen LogP contribution is -2.38. The van der Waals surface area contributed by atoms with Gasteiger partial charge in [0, 0.05) is 24.4 Å². The van der Waals surface area contributed by atoms with E-state index in [1.54, 1.807) is 13.8 Å². The lowest BCUT2D eigenvalue weighted by Gasteiger charge is -2.37. The van der Waals surface area contributed by atoms with E-state index < -0.39 is 17.2 Å². The van der Waals surface area contributed by atoms with E-state index in [1.165, 1.54) is 51.4 Å². The van der Waals surface area contributed by atoms with Crippen LogP contribution in [-0.2, 0) is 19.1 Å². The van der Waals surface area contributed by atoms with Crippen molar-refractivity contribution in [3.05, 3.63) is 22.3 Å². The van der Waals surface area contributed by atoms with Crippen LogP contribution < -0.4 is 11.5 Å². The highest BCUT2D eigenvalue weighted by Gasteiger charge is 2.38. The minimum absolute atomic E-state index is 0.311. The summed E-state index contributed by atoms with van der Waals surface area (Å²) >= 11 is 0. The molecule has 6 nitrogen and oxygen atoms in total. The summed E-state index contributed by atoms with van der Waals surface area (Å²) in [6, 6.07) is 0. The first kappa shape index (κ1) is 33.3. The second-order valence-corrected chi connectivity index (χ2v) is 9.95. The molecule has 0 aliphatic rings. The van der Waals surface area contributed by atoms with Crippen LogP contribution >= 0.6 is 0 Å². The first-order chi connectivity index (χ1) is 16.7. The SMILES string of the molecule is CCCCCCCCOCC(COCCCCCCCC)(C(C)=C(C)C(N)=O)C(C)=C(C)C(N)=O. The van der Waals surface area contributed by atoms with Crippen molar-refractivity contribution in [2.75, 3.05) is 26.4 Å². The van der Waals surface area contributed by atoms with Gasteiger partial charge in [0.2, 0.25) is 11.8 Å². The Bertz CT molecular complexity index is 624. The Labute approximate surface area is 215 Å². The number of primary amides is 2. The molecule has 35 heavy (non-hydrogen) atoms. The van der Waals surface area contributed by atoms with Gasteiger partial charge < -0.3 is 20.9 Å². The van der Waals surface area contributed by atoms with E-state index in [4.69, 9.17) is 20.9 Å². The zero-order valence-corrected chi connectivity index (χ0v) is 23.6. The van der Waals surface area contributed by atoms with Crippen molar-refractivity contribution in [1.29, 1.82) is 0 Å². The predicted octanol–water partition coefficient (Wildman–Crippen LogP) is 6.37. The van der Waals surface area contributed by atoms with Gasteiger partial charge in [0.15, 0.2) is 0 Å². The fourth-order valence-corrected chi connectivity index (χ4v) is 4.31. The minimum Gasteiger partial charge on any atom is -0.380 e. The van der Waals surface area contributed by atoms with Gasteiger partial charge in [0.05, 0.1) is 18.6 Å². The van der Waals surface area contributed by atoms with Crippen LogP contribution in [0.3, 0.4) is 0 Å². The number of rotatable bonds is 22. The summed E-state index contributed by atoms with van der Waals surface area (Å²) in [5, 5.41) is 0. The van der Waals surface area contributed by atoms with Crippen LogP contribution in [0.2, 0.25) is 0 Å². The summed E-state index contributed by atoms with van der Waals surface area (Å²) in [4.78, 5) is 24.2. The topological polar surface area (TPSA) is 105 Å². The zero-order valence-electron chi connectivity index (χ0n) is 23.6. The molecule has 0 aromatic carbocycles. The van der Waals surface area contributed by atoms with E-state index in [2.05, 4.69) is 13.8 Å². The molecule has 0 unspecified atom stereocenters. The Hall–Kier alpha value is -1.66. The highest BCUT2D eigenvalue weighted by atomic mass is 16.5. The summed E-state index contributed by atoms with van der Waals surface area (Å²) in [6.07, 6.45) is 14.2. The summed E-state index contributed by atoms with van der Waals surface area (Å²) in [7, 11) is 0. The molecule has 0 aromatic rings. The van der Waals surface area contributed by atoms with Crippen LogP contribution in [0.4, 0.5) is 0 Å². The van der Waals surface area contributed by atoms with Gasteiger partial charge in [-0.3, -0.25) is 9.59 Å². The number of carbonyl (C=O) groups is 2. The Morgan fingerprint density at radius 2 is 0.886 bits per heavy atom. The van der Waals surface area contributed by atoms with Crippen molar-refractivity contribution < 1.29 is 19.1 Å². The fraction of sp³-hybridized carbons (Fsp3) is 0.793. The van der Waals surface area contributed by atoms with Crippen molar-refractivity contribution in [3.8, 4) is 0 Å². The van der Waals surface area contributed by atoms with Crippen molar-refractivity contribution in [3.63, 3.8) is 0 Å². The molecule has 204 valence electrons. The van der Waals surface area contributed by atoms with Gasteiger partial charge in [-0.15, -0.1) is 0 Å². The maximum atomic E-state index is 12.1. The number of carbonyl (C=O) groups excluding carboxylic acids is 2. The molecule has 0 rings (SSSR count). The largest absolute Gasteiger partial charge is 0.380 e. The van der Waals surface area contributed by atoms with Crippen LogP contribution in [0.5, 0.6) is 0 Å². The summed E-state index contributed by atoms with van der Waals surface area (Å²) in [5.74, 6) is -0.966. The Morgan fingerprint density at radius 1 is 0.571 bits per heavy atom. The van der Waals surface area contributed by atoms with E-state index in [9.17, 15) is 9.59 Å². The second kappa shape index (κ2) is 19.5. The fourth-order valence-electron chi connectivity index (χ4n) is 4.31. The van der Waals surface area contributed by atoms with Crippen LogP contribution in [0.25, 0.3) is 0 Å². The highest BCUT2D eigenvalue weighted by Crippen LogP contribution is 2.40. The monoisotopic (exact) mass is 494 g/mol. The molecule has 0 atom stereocenters. The third-order valence-corrected chi connectivity index (χ3v) is 7.28. The standard InChI is InChI=1S/C29H54N2O4/c1-7-9-11-13-15-17-19-34-21-29(25(5)23(3)27(30)32,26(6)24(4)28(31)33)22-35-20-18-16-14-12-10-8-2/h7-22H2,1-6H3,(H2,30,32)(H2,31,33). The molecule has 4 N–H and O–H groups in total. The number of amides is 2. The molecule has 6 heteroatoms. The van der Waals surface area contributed by atoms with Crippen molar-refractivity contribution in [1.82, 2.24) is 0 Å². The molecular weight excluding hydrogens is 440 g/mol. The normalized spacial score (nSPS) is 13.4. The second-order valence-electron chi connectivity index (χ2n) is 9.95. The number of ether oxygens (including phenoxy) is 2. The first-order valence-corrected chi connectivity index (χ1v) is 13.8. The third-order valence-electron chi connectivity index (χ3n) is 7.28. The van der Waals surface area contributed by atoms with Crippen molar-refractivity contribution >= 4 is 11.8 Å². The van der Waals surface area contributed by atoms with Gasteiger partial charge in [-0.25, -0.2) is 0 Å². The van der Waals surface area contributed by atoms with Crippen molar-refractivity contribution in [2.24, 2.45) is 16.9 Å². The van der Waals surface area contributed by atoms with E-state index >= 15 is 0 Å². The van der Waals surface area contributed by atoms with E-state index in [1.807, 2.05) is 13.8 Å². The van der Waals surface area contributed by atoms with Gasteiger partial charge in [0.1, 0.15) is 0 Å². The third kappa shape index (κ3) is 12.7. The number of hydrogen-bond acceptors (Lipinski definition) is 4. The molecule has 0 fully saturated rings. The number of nitrogens with two attached hydrogens (primary N) is 2. The highest BCUT2D eigenvalue weighted by molar-refractivity contribution is 5.94. The number of hydrogen-bond donors (Lipinski definition) is 2. The van der Waals surface area contributed by atoms with Gasteiger partial charge in [-0.05, 0) is 40.5 Å². The quantitative estimate of drug-likeness (QED) is 0.135. The molecule has 0 aromatic heterocycles. The molecule has 0 aliphatic heterocycles. The predicted molar refractivity (Wildman–Crippen MR) is 146 cm³/mol. The summed E-state index contributed by atoms with van der Waals surface area (Å²) in [5.41, 5.74) is 13.0. The minimum atomic E-state index is -0.775. The van der Waals surface area contributed by atoms with Crippen LogP contribution in [0.15, 0.2) is 22.3 Å². The zero-order chi connectivity index (χ0) is 26.7. The molecule has 0 saturated heterocycles. The Balaban J connectivity index is 5.58. The van der Waals surface area contributed by atoms with Crippen LogP contribution in [0.1, 0.15) is 119 Å². The smallest absolute Gasteiger partial charge is 0.244 e. The average molecular weight is 495 g/mol. The molecule has 0 aliphatic carbocycles. The molecule has 0 spiro atoms. The van der Waals surface area contributed by atoms with Gasteiger partial charge in [0.25, 0.3) is 0 Å². The lowest BCUT2D eigenvalue weighted by molar-refractivity contribution is -0.115. The summed E-state index contributed by atoms with van der Waals surface area (Å²) in [6.45, 7) is 13.5. The first-order valence-electron chi connectivity index (χ1n) is 13.8. The molecular formula is C29H54N2O4. The Morgan fingerprint density at radius 3 is 1.20 bits per heavy atom. The Kier molecular flexibility index (Phi) is 18.6. The summed E-state index contributed by atoms with van der Waals surface area (Å²) < 4.78 is 12.4. The molecule has 0 heterocycles. The van der Waals surface area contributed by atoms with E-state index in [-0.39, 0.29) is 0 Å². The van der Waals surface area contributed by atoms with E-state index in [0.717, 1.165) is 36.8 Å². The van der Waals surface area contributed by atoms with Gasteiger partial charge in [-0.1, -0.05) is 89.2 Å².